The lowest BCUT2D eigenvalue weighted by Crippen LogP contribution is -2.38. The second kappa shape index (κ2) is 8.04. The Morgan fingerprint density at radius 3 is 2.11 bits per heavy atom. The summed E-state index contributed by atoms with van der Waals surface area (Å²) in [6, 6.07) is 13.9. The number of fused-ring (bicyclic) bond motifs is 1. The first-order valence-electron chi connectivity index (χ1n) is 8.92. The summed E-state index contributed by atoms with van der Waals surface area (Å²) in [7, 11) is 1.51. The van der Waals surface area contributed by atoms with E-state index in [0.717, 1.165) is 10.5 Å². The van der Waals surface area contributed by atoms with E-state index in [9.17, 15) is 19.2 Å². The van der Waals surface area contributed by atoms with Gasteiger partial charge in [-0.3, -0.25) is 24.1 Å². The van der Waals surface area contributed by atoms with Crippen LogP contribution in [0, 0.1) is 6.92 Å². The van der Waals surface area contributed by atoms with Crippen LogP contribution in [0.15, 0.2) is 48.5 Å². The highest BCUT2D eigenvalue weighted by Crippen LogP contribution is 2.22. The molecule has 0 fully saturated rings. The standard InChI is InChI=1S/C21H21N3O4/c1-14-7-9-15(10-8-14)22-18(25)13-23(2)19(26)11-12-24-20(27)16-5-3-4-6-17(16)21(24)28/h3-10H,11-13H2,1-2H3,(H,22,25). The van der Waals surface area contributed by atoms with Crippen LogP contribution in [0.2, 0.25) is 0 Å². The van der Waals surface area contributed by atoms with Crippen LogP contribution in [0.4, 0.5) is 5.69 Å². The zero-order valence-electron chi connectivity index (χ0n) is 15.8. The Kier molecular flexibility index (Phi) is 5.54. The Morgan fingerprint density at radius 2 is 1.54 bits per heavy atom. The zero-order valence-corrected chi connectivity index (χ0v) is 15.8. The minimum Gasteiger partial charge on any atom is -0.336 e. The van der Waals surface area contributed by atoms with Gasteiger partial charge >= 0.3 is 0 Å². The molecule has 0 aliphatic carbocycles. The molecule has 0 radical (unpaired) electrons. The first-order chi connectivity index (χ1) is 13.4. The van der Waals surface area contributed by atoms with Crippen LogP contribution < -0.4 is 5.32 Å². The maximum absolute atomic E-state index is 12.3. The number of amides is 4. The fraction of sp³-hybridized carbons (Fsp3) is 0.238. The number of hydrogen-bond donors (Lipinski definition) is 1. The van der Waals surface area contributed by atoms with Gasteiger partial charge in [0.2, 0.25) is 11.8 Å². The molecule has 7 heteroatoms. The normalized spacial score (nSPS) is 12.7. The van der Waals surface area contributed by atoms with E-state index >= 15 is 0 Å². The number of imide groups is 1. The minimum atomic E-state index is -0.395. The zero-order chi connectivity index (χ0) is 20.3. The van der Waals surface area contributed by atoms with E-state index < -0.39 is 11.8 Å². The van der Waals surface area contributed by atoms with Gasteiger partial charge in [0.05, 0.1) is 17.7 Å². The van der Waals surface area contributed by atoms with Crippen molar-refractivity contribution in [3.63, 3.8) is 0 Å². The Bertz CT molecular complexity index is 902. The summed E-state index contributed by atoms with van der Waals surface area (Å²) in [4.78, 5) is 51.4. The number of aryl methyl sites for hydroxylation is 1. The number of benzene rings is 2. The predicted octanol–water partition coefficient (Wildman–Crippen LogP) is 2.08. The molecule has 2 aromatic carbocycles. The Balaban J connectivity index is 1.51. The molecular formula is C21H21N3O4. The monoisotopic (exact) mass is 379 g/mol. The fourth-order valence-electron chi connectivity index (χ4n) is 2.98. The lowest BCUT2D eigenvalue weighted by molar-refractivity contribution is -0.133. The molecule has 28 heavy (non-hydrogen) atoms. The third-order valence-corrected chi connectivity index (χ3v) is 4.57. The van der Waals surface area contributed by atoms with Gasteiger partial charge in [0.15, 0.2) is 0 Å². The Labute approximate surface area is 162 Å². The van der Waals surface area contributed by atoms with E-state index in [1.165, 1.54) is 11.9 Å². The molecule has 1 heterocycles. The first kappa shape index (κ1) is 19.3. The van der Waals surface area contributed by atoms with Crippen molar-refractivity contribution in [3.8, 4) is 0 Å². The number of carbonyl (C=O) groups is 4. The van der Waals surface area contributed by atoms with Gasteiger partial charge in [-0.25, -0.2) is 0 Å². The second-order valence-corrected chi connectivity index (χ2v) is 6.72. The molecule has 3 rings (SSSR count). The average molecular weight is 379 g/mol. The van der Waals surface area contributed by atoms with Crippen LogP contribution in [0.3, 0.4) is 0 Å². The number of nitrogens with zero attached hydrogens (tertiary/aromatic N) is 2. The molecule has 0 saturated carbocycles. The maximum Gasteiger partial charge on any atom is 0.261 e. The summed E-state index contributed by atoms with van der Waals surface area (Å²) in [5.74, 6) is -1.43. The van der Waals surface area contributed by atoms with Crippen LogP contribution >= 0.6 is 0 Å². The number of nitrogens with one attached hydrogen (secondary N) is 1. The summed E-state index contributed by atoms with van der Waals surface area (Å²) < 4.78 is 0. The van der Waals surface area contributed by atoms with E-state index in [1.54, 1.807) is 36.4 Å². The van der Waals surface area contributed by atoms with Gasteiger partial charge in [-0.1, -0.05) is 29.8 Å². The highest BCUT2D eigenvalue weighted by atomic mass is 16.2. The summed E-state index contributed by atoms with van der Waals surface area (Å²) in [5, 5.41) is 2.73. The number of carbonyl (C=O) groups excluding carboxylic acids is 4. The summed E-state index contributed by atoms with van der Waals surface area (Å²) in [6.45, 7) is 1.82. The maximum atomic E-state index is 12.3. The molecule has 1 aliphatic rings. The molecule has 144 valence electrons. The van der Waals surface area contributed by atoms with Crippen LogP contribution in [-0.2, 0) is 9.59 Å². The van der Waals surface area contributed by atoms with Crippen molar-refractivity contribution >= 4 is 29.3 Å². The Morgan fingerprint density at radius 1 is 0.964 bits per heavy atom. The fourth-order valence-corrected chi connectivity index (χ4v) is 2.98. The van der Waals surface area contributed by atoms with Gasteiger partial charge in [0.25, 0.3) is 11.8 Å². The van der Waals surface area contributed by atoms with Gasteiger partial charge in [-0.2, -0.15) is 0 Å². The summed E-state index contributed by atoms with van der Waals surface area (Å²) in [6.07, 6.45) is -0.0419. The third kappa shape index (κ3) is 4.09. The van der Waals surface area contributed by atoms with Gasteiger partial charge in [0, 0.05) is 25.7 Å². The lowest BCUT2D eigenvalue weighted by atomic mass is 10.1. The molecule has 1 aliphatic heterocycles. The van der Waals surface area contributed by atoms with E-state index in [4.69, 9.17) is 0 Å². The molecule has 0 bridgehead atoms. The smallest absolute Gasteiger partial charge is 0.261 e. The van der Waals surface area contributed by atoms with Crippen LogP contribution in [0.25, 0.3) is 0 Å². The van der Waals surface area contributed by atoms with Crippen LogP contribution in [0.1, 0.15) is 32.7 Å². The molecule has 0 atom stereocenters. The molecule has 7 nitrogen and oxygen atoms in total. The first-order valence-corrected chi connectivity index (χ1v) is 8.92. The quantitative estimate of drug-likeness (QED) is 0.779. The van der Waals surface area contributed by atoms with Crippen molar-refractivity contribution in [1.82, 2.24) is 9.80 Å². The van der Waals surface area contributed by atoms with Crippen molar-refractivity contribution in [2.45, 2.75) is 13.3 Å². The van der Waals surface area contributed by atoms with Crippen LogP contribution in [0.5, 0.6) is 0 Å². The van der Waals surface area contributed by atoms with Gasteiger partial charge in [0.1, 0.15) is 0 Å². The molecule has 4 amide bonds. The molecule has 0 saturated heterocycles. The van der Waals surface area contributed by atoms with Crippen molar-refractivity contribution in [3.05, 3.63) is 65.2 Å². The van der Waals surface area contributed by atoms with E-state index in [0.29, 0.717) is 16.8 Å². The van der Waals surface area contributed by atoms with Crippen molar-refractivity contribution in [2.24, 2.45) is 0 Å². The van der Waals surface area contributed by atoms with Crippen LogP contribution in [-0.4, -0.2) is 53.6 Å². The van der Waals surface area contributed by atoms with Gasteiger partial charge in [-0.15, -0.1) is 0 Å². The van der Waals surface area contributed by atoms with E-state index in [2.05, 4.69) is 5.32 Å². The van der Waals surface area contributed by atoms with E-state index in [-0.39, 0.29) is 31.3 Å². The molecule has 2 aromatic rings. The molecule has 0 spiro atoms. The number of likely N-dealkylation sites (N-methyl/N-ethyl adjacent to an activating group) is 1. The molecule has 0 aromatic heterocycles. The number of rotatable bonds is 6. The average Bonchev–Trinajstić information content (AvgIpc) is 2.92. The number of hydrogen-bond acceptors (Lipinski definition) is 4. The highest BCUT2D eigenvalue weighted by Gasteiger charge is 2.35. The highest BCUT2D eigenvalue weighted by molar-refractivity contribution is 6.21. The lowest BCUT2D eigenvalue weighted by Gasteiger charge is -2.19. The predicted molar refractivity (Wildman–Crippen MR) is 104 cm³/mol. The van der Waals surface area contributed by atoms with E-state index in [1.807, 2.05) is 19.1 Å². The molecular weight excluding hydrogens is 358 g/mol. The molecule has 0 unspecified atom stereocenters. The topological polar surface area (TPSA) is 86.8 Å². The largest absolute Gasteiger partial charge is 0.336 e. The minimum absolute atomic E-state index is 0.0187. The second-order valence-electron chi connectivity index (χ2n) is 6.72. The summed E-state index contributed by atoms with van der Waals surface area (Å²) in [5.41, 5.74) is 2.44. The summed E-state index contributed by atoms with van der Waals surface area (Å²) >= 11 is 0. The molecule has 1 N–H and O–H groups in total. The SMILES string of the molecule is Cc1ccc(NC(=O)CN(C)C(=O)CCN2C(=O)c3ccccc3C2=O)cc1. The Hall–Kier alpha value is -3.48. The van der Waals surface area contributed by atoms with Gasteiger partial charge < -0.3 is 10.2 Å². The number of anilines is 1. The van der Waals surface area contributed by atoms with Crippen molar-refractivity contribution < 1.29 is 19.2 Å². The third-order valence-electron chi connectivity index (χ3n) is 4.57. The van der Waals surface area contributed by atoms with Crippen molar-refractivity contribution in [1.29, 1.82) is 0 Å². The van der Waals surface area contributed by atoms with Gasteiger partial charge in [-0.05, 0) is 31.2 Å². The van der Waals surface area contributed by atoms with Crippen molar-refractivity contribution in [2.75, 3.05) is 25.5 Å².